The molecule has 10 nitrogen and oxygen atoms in total. The Balaban J connectivity index is 0.000000322. The Morgan fingerprint density at radius 1 is 1.34 bits per heavy atom. The Bertz CT molecular complexity index is 822. The van der Waals surface area contributed by atoms with E-state index >= 15 is 0 Å². The number of ketones is 1. The van der Waals surface area contributed by atoms with Gasteiger partial charge in [0.1, 0.15) is 12.3 Å². The van der Waals surface area contributed by atoms with Crippen LogP contribution < -0.4 is 16.0 Å². The molecule has 3 aliphatic rings. The Morgan fingerprint density at radius 2 is 2.03 bits per heavy atom. The van der Waals surface area contributed by atoms with Crippen LogP contribution in [0.15, 0.2) is 0 Å². The van der Waals surface area contributed by atoms with Crippen molar-refractivity contribution < 1.29 is 33.5 Å². The van der Waals surface area contributed by atoms with Gasteiger partial charge < -0.3 is 26.0 Å². The zero-order chi connectivity index (χ0) is 26.4. The van der Waals surface area contributed by atoms with Gasteiger partial charge >= 0.3 is 0 Å². The SMILES string of the molecule is CCC(C)(C)N(C(=O)CNC)C(CC1CCCNC1=O)C(=O)CO.O=CC(=O)NC1CC2(F)CC12. The molecule has 3 amide bonds. The lowest BCUT2D eigenvalue weighted by atomic mass is 9.86. The second-order valence-corrected chi connectivity index (χ2v) is 10.2. The number of halogens is 1. The lowest BCUT2D eigenvalue weighted by molar-refractivity contribution is -0.148. The number of rotatable bonds is 11. The van der Waals surface area contributed by atoms with Crippen molar-refractivity contribution in [3.8, 4) is 0 Å². The van der Waals surface area contributed by atoms with E-state index in [-0.39, 0.29) is 48.9 Å². The van der Waals surface area contributed by atoms with E-state index in [1.54, 1.807) is 11.9 Å². The summed E-state index contributed by atoms with van der Waals surface area (Å²) in [4.78, 5) is 59.1. The molecule has 3 rings (SSSR count). The minimum atomic E-state index is -0.985. The largest absolute Gasteiger partial charge is 0.389 e. The summed E-state index contributed by atoms with van der Waals surface area (Å²) < 4.78 is 12.8. The van der Waals surface area contributed by atoms with Crippen molar-refractivity contribution in [3.05, 3.63) is 0 Å². The first-order chi connectivity index (χ1) is 16.4. The van der Waals surface area contributed by atoms with E-state index in [1.165, 1.54) is 0 Å². The number of amides is 3. The van der Waals surface area contributed by atoms with Crippen LogP contribution in [0.2, 0.25) is 0 Å². The molecule has 1 aliphatic heterocycles. The van der Waals surface area contributed by atoms with Crippen LogP contribution in [0.1, 0.15) is 59.3 Å². The maximum Gasteiger partial charge on any atom is 0.284 e. The van der Waals surface area contributed by atoms with Gasteiger partial charge in [-0.1, -0.05) is 6.92 Å². The summed E-state index contributed by atoms with van der Waals surface area (Å²) in [6.07, 6.45) is 3.63. The molecule has 4 N–H and O–H groups in total. The van der Waals surface area contributed by atoms with Crippen molar-refractivity contribution >= 4 is 29.8 Å². The van der Waals surface area contributed by atoms with E-state index in [9.17, 15) is 33.5 Å². The van der Waals surface area contributed by atoms with Crippen LogP contribution >= 0.6 is 0 Å². The summed E-state index contributed by atoms with van der Waals surface area (Å²) >= 11 is 0. The number of likely N-dealkylation sites (N-methyl/N-ethyl adjacent to an activating group) is 1. The Labute approximate surface area is 205 Å². The fraction of sp³-hybridized carbons (Fsp3) is 0.792. The zero-order valence-corrected chi connectivity index (χ0v) is 21.1. The second kappa shape index (κ2) is 12.0. The van der Waals surface area contributed by atoms with Crippen LogP contribution in [-0.2, 0) is 24.0 Å². The van der Waals surface area contributed by atoms with E-state index in [0.717, 1.165) is 6.42 Å². The molecule has 0 bridgehead atoms. The van der Waals surface area contributed by atoms with Gasteiger partial charge in [0.25, 0.3) is 5.91 Å². The third kappa shape index (κ3) is 7.07. The first-order valence-corrected chi connectivity index (χ1v) is 12.3. The van der Waals surface area contributed by atoms with Gasteiger partial charge in [0, 0.05) is 36.4 Å². The summed E-state index contributed by atoms with van der Waals surface area (Å²) in [5.41, 5.74) is -1.53. The van der Waals surface area contributed by atoms with Crippen LogP contribution in [0.4, 0.5) is 4.39 Å². The first-order valence-electron chi connectivity index (χ1n) is 12.3. The number of fused-ring (bicyclic) bond motifs is 1. The predicted octanol–water partition coefficient (Wildman–Crippen LogP) is -0.129. The molecule has 0 radical (unpaired) electrons. The molecule has 0 aromatic heterocycles. The van der Waals surface area contributed by atoms with E-state index in [1.807, 2.05) is 20.8 Å². The highest BCUT2D eigenvalue weighted by molar-refractivity contribution is 6.23. The quantitative estimate of drug-likeness (QED) is 0.229. The molecule has 1 saturated heterocycles. The molecule has 5 atom stereocenters. The van der Waals surface area contributed by atoms with E-state index in [4.69, 9.17) is 0 Å². The summed E-state index contributed by atoms with van der Waals surface area (Å²) in [6.45, 7) is 5.88. The lowest BCUT2D eigenvalue weighted by Crippen LogP contribution is -2.59. The summed E-state index contributed by atoms with van der Waals surface area (Å²) in [7, 11) is 1.67. The Hall–Kier alpha value is -2.40. The highest BCUT2D eigenvalue weighted by Crippen LogP contribution is 2.62. The van der Waals surface area contributed by atoms with Crippen molar-refractivity contribution in [1.29, 1.82) is 0 Å². The number of hydrogen-bond donors (Lipinski definition) is 4. The molecule has 0 aromatic rings. The third-order valence-corrected chi connectivity index (χ3v) is 7.40. The predicted molar refractivity (Wildman–Crippen MR) is 126 cm³/mol. The zero-order valence-electron chi connectivity index (χ0n) is 21.1. The average Bonchev–Trinajstić information content (AvgIpc) is 3.38. The molecule has 2 aliphatic carbocycles. The first kappa shape index (κ1) is 28.8. The number of aliphatic hydroxyl groups excluding tert-OH is 1. The number of Topliss-reactive ketones (excluding diaryl/α,β-unsaturated/α-hetero) is 1. The van der Waals surface area contributed by atoms with Crippen molar-refractivity contribution in [3.63, 3.8) is 0 Å². The monoisotopic (exact) mass is 498 g/mol. The number of piperidine rings is 1. The van der Waals surface area contributed by atoms with Crippen molar-refractivity contribution in [2.75, 3.05) is 26.7 Å². The number of carbonyl (C=O) groups excluding carboxylic acids is 5. The van der Waals surface area contributed by atoms with Crippen LogP contribution in [0.3, 0.4) is 0 Å². The maximum atomic E-state index is 12.8. The van der Waals surface area contributed by atoms with Crippen LogP contribution in [0.25, 0.3) is 0 Å². The molecule has 35 heavy (non-hydrogen) atoms. The van der Waals surface area contributed by atoms with E-state index < -0.39 is 35.5 Å². The minimum Gasteiger partial charge on any atom is -0.389 e. The number of nitrogens with zero attached hydrogens (tertiary/aromatic N) is 1. The van der Waals surface area contributed by atoms with Gasteiger partial charge in [0.2, 0.25) is 18.1 Å². The summed E-state index contributed by atoms with van der Waals surface area (Å²) in [6, 6.07) is -0.877. The van der Waals surface area contributed by atoms with Crippen LogP contribution in [0.5, 0.6) is 0 Å². The molecule has 5 unspecified atom stereocenters. The van der Waals surface area contributed by atoms with Crippen LogP contribution in [0, 0.1) is 11.8 Å². The van der Waals surface area contributed by atoms with Crippen molar-refractivity contribution in [2.45, 2.75) is 82.6 Å². The van der Waals surface area contributed by atoms with Gasteiger partial charge in [-0.05, 0) is 53.0 Å². The smallest absolute Gasteiger partial charge is 0.284 e. The number of aliphatic hydroxyl groups is 1. The lowest BCUT2D eigenvalue weighted by Gasteiger charge is -2.44. The fourth-order valence-electron chi connectivity index (χ4n) is 4.92. The van der Waals surface area contributed by atoms with E-state index in [0.29, 0.717) is 32.2 Å². The highest BCUT2D eigenvalue weighted by Gasteiger charge is 2.69. The topological polar surface area (TPSA) is 145 Å². The molecule has 198 valence electrons. The van der Waals surface area contributed by atoms with E-state index in [2.05, 4.69) is 16.0 Å². The number of alkyl halides is 1. The Kier molecular flexibility index (Phi) is 9.91. The summed E-state index contributed by atoms with van der Waals surface area (Å²) in [5.74, 6) is -1.65. The van der Waals surface area contributed by atoms with Gasteiger partial charge in [-0.15, -0.1) is 0 Å². The third-order valence-electron chi connectivity index (χ3n) is 7.40. The van der Waals surface area contributed by atoms with Gasteiger partial charge in [-0.2, -0.15) is 0 Å². The molecule has 2 saturated carbocycles. The minimum absolute atomic E-state index is 0.00796. The number of aldehydes is 1. The van der Waals surface area contributed by atoms with Gasteiger partial charge in [0.15, 0.2) is 5.78 Å². The van der Waals surface area contributed by atoms with Gasteiger partial charge in [0.05, 0.1) is 12.6 Å². The molecule has 11 heteroatoms. The molecular formula is C24H39FN4O6. The fourth-order valence-corrected chi connectivity index (χ4v) is 4.92. The van der Waals surface area contributed by atoms with Crippen LogP contribution in [-0.4, -0.2) is 89.8 Å². The number of nitrogens with one attached hydrogen (secondary N) is 3. The van der Waals surface area contributed by atoms with Crippen molar-refractivity contribution in [1.82, 2.24) is 20.9 Å². The van der Waals surface area contributed by atoms with Gasteiger partial charge in [-0.3, -0.25) is 24.0 Å². The van der Waals surface area contributed by atoms with Crippen molar-refractivity contribution in [2.24, 2.45) is 11.8 Å². The molecular weight excluding hydrogens is 459 g/mol. The molecule has 3 fully saturated rings. The molecule has 0 spiro atoms. The summed E-state index contributed by atoms with van der Waals surface area (Å²) in [5, 5.41) is 17.5. The average molecular weight is 499 g/mol. The Morgan fingerprint density at radius 3 is 2.49 bits per heavy atom. The maximum absolute atomic E-state index is 12.8. The standard InChI is InChI=1S/C17H31N3O4.C7H8FNO2/c1-5-17(2,3)20(15(23)10-18-4)13(14(22)11-21)9-12-7-6-8-19-16(12)24;8-7-1-4(7)5(2-7)9-6(11)3-10/h12-13,18,21H,5-11H2,1-4H3,(H,19,24);3-5H,1-2H2,(H,9,11). The molecule has 0 aromatic carbocycles. The highest BCUT2D eigenvalue weighted by atomic mass is 19.1. The normalized spacial score (nSPS) is 27.6. The second-order valence-electron chi connectivity index (χ2n) is 10.2. The molecule has 1 heterocycles. The number of hydrogen-bond acceptors (Lipinski definition) is 7. The number of carbonyl (C=O) groups is 5. The van der Waals surface area contributed by atoms with Gasteiger partial charge in [-0.25, -0.2) is 4.39 Å².